The van der Waals surface area contributed by atoms with Crippen molar-refractivity contribution in [2.24, 2.45) is 11.8 Å². The molecule has 22 heavy (non-hydrogen) atoms. The molecule has 0 heterocycles. The summed E-state index contributed by atoms with van der Waals surface area (Å²) in [4.78, 5) is 22.9. The third-order valence-corrected chi connectivity index (χ3v) is 3.59. The molecule has 5 nitrogen and oxygen atoms in total. The zero-order chi connectivity index (χ0) is 16.3. The van der Waals surface area contributed by atoms with Crippen LogP contribution in [0.5, 0.6) is 0 Å². The van der Waals surface area contributed by atoms with Crippen molar-refractivity contribution in [1.29, 1.82) is 0 Å². The van der Waals surface area contributed by atoms with Gasteiger partial charge in [-0.25, -0.2) is 0 Å². The number of para-hydroxylation sites is 2. The van der Waals surface area contributed by atoms with E-state index in [2.05, 4.69) is 10.6 Å². The van der Waals surface area contributed by atoms with Crippen LogP contribution in [0.25, 0.3) is 0 Å². The Bertz CT molecular complexity index is 575. The first-order valence-electron chi connectivity index (χ1n) is 6.71. The molecule has 1 fully saturated rings. The summed E-state index contributed by atoms with van der Waals surface area (Å²) in [6.45, 7) is -1.22. The molecular formula is C14H15F3N2O3. The molecule has 1 saturated carbocycles. The predicted molar refractivity (Wildman–Crippen MR) is 73.5 cm³/mol. The fraction of sp³-hybridized carbons (Fsp3) is 0.429. The Kier molecular flexibility index (Phi) is 4.58. The molecule has 0 spiro atoms. The summed E-state index contributed by atoms with van der Waals surface area (Å²) in [5.41, 5.74) is 0.340. The van der Waals surface area contributed by atoms with Crippen molar-refractivity contribution in [2.45, 2.75) is 19.0 Å². The number of alkyl halides is 3. The fourth-order valence-electron chi connectivity index (χ4n) is 2.28. The van der Waals surface area contributed by atoms with E-state index in [9.17, 15) is 22.8 Å². The summed E-state index contributed by atoms with van der Waals surface area (Å²) in [6.07, 6.45) is -3.48. The van der Waals surface area contributed by atoms with Gasteiger partial charge in [0.15, 0.2) is 0 Å². The van der Waals surface area contributed by atoms with Gasteiger partial charge in [-0.3, -0.25) is 9.59 Å². The van der Waals surface area contributed by atoms with Gasteiger partial charge in [-0.05, 0) is 25.0 Å². The summed E-state index contributed by atoms with van der Waals surface area (Å²) in [5, 5.41) is 13.6. The molecule has 0 saturated heterocycles. The second kappa shape index (κ2) is 6.25. The van der Waals surface area contributed by atoms with Gasteiger partial charge in [0.1, 0.15) is 6.54 Å². The normalized spacial score (nSPS) is 20.9. The Hall–Kier alpha value is -2.25. The number of rotatable bonds is 5. The van der Waals surface area contributed by atoms with Gasteiger partial charge >= 0.3 is 12.1 Å². The number of nitrogens with one attached hydrogen (secondary N) is 2. The average Bonchev–Trinajstić information content (AvgIpc) is 2.34. The summed E-state index contributed by atoms with van der Waals surface area (Å²) in [5.74, 6) is -2.89. The molecule has 0 bridgehead atoms. The number of carboxylic acids is 1. The molecule has 0 aromatic heterocycles. The number of anilines is 2. The number of amides is 1. The van der Waals surface area contributed by atoms with Crippen molar-refractivity contribution in [3.8, 4) is 0 Å². The maximum absolute atomic E-state index is 12.3. The lowest BCUT2D eigenvalue weighted by Crippen LogP contribution is -2.41. The highest BCUT2D eigenvalue weighted by Gasteiger charge is 2.41. The van der Waals surface area contributed by atoms with Gasteiger partial charge in [0.25, 0.3) is 0 Å². The van der Waals surface area contributed by atoms with Crippen LogP contribution in [-0.2, 0) is 9.59 Å². The molecule has 1 aromatic rings. The summed E-state index contributed by atoms with van der Waals surface area (Å²) >= 11 is 0. The second-order valence-corrected chi connectivity index (χ2v) is 5.13. The monoisotopic (exact) mass is 316 g/mol. The first-order chi connectivity index (χ1) is 10.3. The Balaban J connectivity index is 2.03. The zero-order valence-corrected chi connectivity index (χ0v) is 11.5. The SMILES string of the molecule is O=C(O)C1CCC1C(=O)Nc1ccccc1NCC(F)(F)F. The van der Waals surface area contributed by atoms with E-state index in [1.54, 1.807) is 6.07 Å². The number of benzene rings is 1. The molecular weight excluding hydrogens is 301 g/mol. The molecule has 0 aliphatic heterocycles. The lowest BCUT2D eigenvalue weighted by molar-refractivity contribution is -0.151. The summed E-state index contributed by atoms with van der Waals surface area (Å²) in [6, 6.07) is 5.99. The van der Waals surface area contributed by atoms with E-state index in [1.165, 1.54) is 18.2 Å². The Labute approximate surface area is 124 Å². The molecule has 3 N–H and O–H groups in total. The minimum absolute atomic E-state index is 0.138. The molecule has 1 aromatic carbocycles. The third kappa shape index (κ3) is 3.90. The minimum Gasteiger partial charge on any atom is -0.481 e. The quantitative estimate of drug-likeness (QED) is 0.780. The number of carboxylic acid groups (broad SMARTS) is 1. The molecule has 120 valence electrons. The highest BCUT2D eigenvalue weighted by Crippen LogP contribution is 2.36. The minimum atomic E-state index is -4.38. The van der Waals surface area contributed by atoms with E-state index in [4.69, 9.17) is 5.11 Å². The highest BCUT2D eigenvalue weighted by atomic mass is 19.4. The van der Waals surface area contributed by atoms with Gasteiger partial charge < -0.3 is 15.7 Å². The van der Waals surface area contributed by atoms with Crippen molar-refractivity contribution in [3.05, 3.63) is 24.3 Å². The Morgan fingerprint density at radius 3 is 2.23 bits per heavy atom. The van der Waals surface area contributed by atoms with Gasteiger partial charge in [0, 0.05) is 0 Å². The number of hydrogen-bond acceptors (Lipinski definition) is 3. The lowest BCUT2D eigenvalue weighted by Gasteiger charge is -2.32. The van der Waals surface area contributed by atoms with Crippen LogP contribution in [0.4, 0.5) is 24.5 Å². The first-order valence-corrected chi connectivity index (χ1v) is 6.71. The van der Waals surface area contributed by atoms with Crippen molar-refractivity contribution < 1.29 is 27.9 Å². The zero-order valence-electron chi connectivity index (χ0n) is 11.5. The number of aliphatic carboxylic acids is 1. The third-order valence-electron chi connectivity index (χ3n) is 3.59. The van der Waals surface area contributed by atoms with Crippen molar-refractivity contribution in [1.82, 2.24) is 0 Å². The maximum Gasteiger partial charge on any atom is 0.405 e. The molecule has 8 heteroatoms. The molecule has 1 aliphatic carbocycles. The second-order valence-electron chi connectivity index (χ2n) is 5.13. The summed E-state index contributed by atoms with van der Waals surface area (Å²) < 4.78 is 36.8. The maximum atomic E-state index is 12.3. The van der Waals surface area contributed by atoms with E-state index in [0.29, 0.717) is 12.8 Å². The molecule has 1 amide bonds. The van der Waals surface area contributed by atoms with E-state index < -0.39 is 36.4 Å². The van der Waals surface area contributed by atoms with E-state index in [1.807, 2.05) is 0 Å². The number of hydrogen-bond donors (Lipinski definition) is 3. The van der Waals surface area contributed by atoms with Crippen molar-refractivity contribution in [2.75, 3.05) is 17.2 Å². The fourth-order valence-corrected chi connectivity index (χ4v) is 2.28. The standard InChI is InChI=1S/C14H15F3N2O3/c15-14(16,17)7-18-10-3-1-2-4-11(10)19-12(20)8-5-6-9(8)13(21)22/h1-4,8-9,18H,5-7H2,(H,19,20)(H,21,22). The average molecular weight is 316 g/mol. The van der Waals surface area contributed by atoms with Crippen molar-refractivity contribution >= 4 is 23.3 Å². The largest absolute Gasteiger partial charge is 0.481 e. The van der Waals surface area contributed by atoms with Crippen LogP contribution in [0.1, 0.15) is 12.8 Å². The van der Waals surface area contributed by atoms with Crippen LogP contribution in [0.3, 0.4) is 0 Å². The number of halogens is 3. The number of carbonyl (C=O) groups excluding carboxylic acids is 1. The van der Waals surface area contributed by atoms with Crippen LogP contribution >= 0.6 is 0 Å². The summed E-state index contributed by atoms with van der Waals surface area (Å²) in [7, 11) is 0. The van der Waals surface area contributed by atoms with Gasteiger partial charge in [-0.1, -0.05) is 12.1 Å². The van der Waals surface area contributed by atoms with Crippen LogP contribution in [-0.4, -0.2) is 29.7 Å². The topological polar surface area (TPSA) is 78.4 Å². The lowest BCUT2D eigenvalue weighted by atomic mass is 9.73. The Morgan fingerprint density at radius 2 is 1.73 bits per heavy atom. The van der Waals surface area contributed by atoms with Crippen LogP contribution in [0, 0.1) is 11.8 Å². The smallest absolute Gasteiger partial charge is 0.405 e. The molecule has 2 atom stereocenters. The van der Waals surface area contributed by atoms with Gasteiger partial charge in [0.05, 0.1) is 23.2 Å². The first kappa shape index (κ1) is 16.1. The van der Waals surface area contributed by atoms with E-state index in [0.717, 1.165) is 0 Å². The van der Waals surface area contributed by atoms with E-state index >= 15 is 0 Å². The van der Waals surface area contributed by atoms with Crippen LogP contribution in [0.15, 0.2) is 24.3 Å². The van der Waals surface area contributed by atoms with Gasteiger partial charge in [0.2, 0.25) is 5.91 Å². The molecule has 1 aliphatic rings. The molecule has 0 radical (unpaired) electrons. The van der Waals surface area contributed by atoms with Gasteiger partial charge in [-0.2, -0.15) is 13.2 Å². The predicted octanol–water partition coefficient (Wildman–Crippen LogP) is 2.71. The number of carbonyl (C=O) groups is 2. The van der Waals surface area contributed by atoms with Crippen molar-refractivity contribution in [3.63, 3.8) is 0 Å². The Morgan fingerprint density at radius 1 is 1.14 bits per heavy atom. The van der Waals surface area contributed by atoms with Crippen LogP contribution < -0.4 is 10.6 Å². The molecule has 2 rings (SSSR count). The van der Waals surface area contributed by atoms with Crippen LogP contribution in [0.2, 0.25) is 0 Å². The van der Waals surface area contributed by atoms with E-state index in [-0.39, 0.29) is 11.4 Å². The highest BCUT2D eigenvalue weighted by molar-refractivity contribution is 5.98. The molecule has 2 unspecified atom stereocenters. The van der Waals surface area contributed by atoms with Gasteiger partial charge in [-0.15, -0.1) is 0 Å².